The van der Waals surface area contributed by atoms with E-state index >= 15 is 0 Å². The van der Waals surface area contributed by atoms with Gasteiger partial charge in [0.05, 0.1) is 6.10 Å². The van der Waals surface area contributed by atoms with Gasteiger partial charge in [0, 0.05) is 26.2 Å². The van der Waals surface area contributed by atoms with Gasteiger partial charge in [-0.3, -0.25) is 0 Å². The Balaban J connectivity index is 1.72. The SMILES string of the molecule is CCOC1CCN(CC2(CS)CCC2)CC1. The second kappa shape index (κ2) is 5.74. The average Bonchev–Trinajstić information content (AvgIpc) is 2.26. The Kier molecular flexibility index (Phi) is 4.57. The first-order chi connectivity index (χ1) is 7.78. The minimum absolute atomic E-state index is 0.523. The summed E-state index contributed by atoms with van der Waals surface area (Å²) in [5.74, 6) is 1.07. The molecule has 2 aliphatic rings. The zero-order valence-electron chi connectivity index (χ0n) is 10.5. The number of likely N-dealkylation sites (tertiary alicyclic amines) is 1. The monoisotopic (exact) mass is 243 g/mol. The Labute approximate surface area is 105 Å². The van der Waals surface area contributed by atoms with Crippen LogP contribution in [-0.4, -0.2) is 43.0 Å². The molecule has 0 aromatic carbocycles. The van der Waals surface area contributed by atoms with Crippen LogP contribution in [0.15, 0.2) is 0 Å². The standard InChI is InChI=1S/C13H25NOS/c1-2-15-12-4-8-14(9-5-12)10-13(11-16)6-3-7-13/h12,16H,2-11H2,1H3. The molecule has 94 valence electrons. The van der Waals surface area contributed by atoms with Gasteiger partial charge < -0.3 is 9.64 Å². The summed E-state index contributed by atoms with van der Waals surface area (Å²) in [7, 11) is 0. The van der Waals surface area contributed by atoms with Gasteiger partial charge >= 0.3 is 0 Å². The van der Waals surface area contributed by atoms with Crippen molar-refractivity contribution in [3.05, 3.63) is 0 Å². The van der Waals surface area contributed by atoms with Crippen molar-refractivity contribution in [2.45, 2.75) is 45.1 Å². The van der Waals surface area contributed by atoms with Crippen molar-refractivity contribution < 1.29 is 4.74 Å². The van der Waals surface area contributed by atoms with Crippen LogP contribution in [0.4, 0.5) is 0 Å². The van der Waals surface area contributed by atoms with E-state index in [0.29, 0.717) is 11.5 Å². The molecule has 0 spiro atoms. The molecule has 0 aromatic heterocycles. The highest BCUT2D eigenvalue weighted by atomic mass is 32.1. The number of thiol groups is 1. The van der Waals surface area contributed by atoms with Crippen LogP contribution < -0.4 is 0 Å². The third kappa shape index (κ3) is 2.93. The smallest absolute Gasteiger partial charge is 0.0599 e. The summed E-state index contributed by atoms with van der Waals surface area (Å²) in [6.45, 7) is 6.68. The lowest BCUT2D eigenvalue weighted by Gasteiger charge is -2.45. The molecule has 2 nitrogen and oxygen atoms in total. The number of hydrogen-bond donors (Lipinski definition) is 1. The summed E-state index contributed by atoms with van der Waals surface area (Å²) >= 11 is 4.53. The van der Waals surface area contributed by atoms with Gasteiger partial charge in [-0.25, -0.2) is 0 Å². The van der Waals surface area contributed by atoms with E-state index in [1.165, 1.54) is 51.7 Å². The molecule has 0 amide bonds. The molecule has 0 aromatic rings. The van der Waals surface area contributed by atoms with Crippen LogP contribution in [0, 0.1) is 5.41 Å². The second-order valence-corrected chi connectivity index (χ2v) is 5.76. The molecular formula is C13H25NOS. The van der Waals surface area contributed by atoms with Crippen LogP contribution in [0.5, 0.6) is 0 Å². The molecule has 3 heteroatoms. The van der Waals surface area contributed by atoms with Crippen molar-refractivity contribution in [3.8, 4) is 0 Å². The number of rotatable bonds is 5. The van der Waals surface area contributed by atoms with E-state index in [9.17, 15) is 0 Å². The highest BCUT2D eigenvalue weighted by Crippen LogP contribution is 2.42. The van der Waals surface area contributed by atoms with Gasteiger partial charge in [0.2, 0.25) is 0 Å². The van der Waals surface area contributed by atoms with Gasteiger partial charge in [0.15, 0.2) is 0 Å². The molecule has 0 bridgehead atoms. The highest BCUT2D eigenvalue weighted by Gasteiger charge is 2.37. The van der Waals surface area contributed by atoms with E-state index in [4.69, 9.17) is 4.74 Å². The van der Waals surface area contributed by atoms with Crippen LogP contribution in [0.3, 0.4) is 0 Å². The maximum absolute atomic E-state index is 5.69. The predicted octanol–water partition coefficient (Wildman–Crippen LogP) is 2.59. The Hall–Kier alpha value is 0.270. The number of hydrogen-bond acceptors (Lipinski definition) is 3. The molecule has 2 fully saturated rings. The van der Waals surface area contributed by atoms with E-state index in [2.05, 4.69) is 24.5 Å². The molecule has 0 radical (unpaired) electrons. The van der Waals surface area contributed by atoms with Gasteiger partial charge in [-0.15, -0.1) is 0 Å². The molecule has 1 aliphatic heterocycles. The topological polar surface area (TPSA) is 12.5 Å². The third-order valence-electron chi connectivity index (χ3n) is 4.25. The van der Waals surface area contributed by atoms with E-state index in [1.807, 2.05) is 0 Å². The molecule has 2 rings (SSSR count). The number of nitrogens with zero attached hydrogens (tertiary/aromatic N) is 1. The maximum atomic E-state index is 5.69. The summed E-state index contributed by atoms with van der Waals surface area (Å²) in [5, 5.41) is 0. The third-order valence-corrected chi connectivity index (χ3v) is 4.92. The zero-order valence-corrected chi connectivity index (χ0v) is 11.3. The summed E-state index contributed by atoms with van der Waals surface area (Å²) < 4.78 is 5.69. The van der Waals surface area contributed by atoms with E-state index in [-0.39, 0.29) is 0 Å². The highest BCUT2D eigenvalue weighted by molar-refractivity contribution is 7.80. The van der Waals surface area contributed by atoms with E-state index < -0.39 is 0 Å². The summed E-state index contributed by atoms with van der Waals surface area (Å²) in [6.07, 6.45) is 7.15. The van der Waals surface area contributed by atoms with Crippen molar-refractivity contribution in [1.29, 1.82) is 0 Å². The molecule has 0 unspecified atom stereocenters. The van der Waals surface area contributed by atoms with Crippen molar-refractivity contribution in [2.24, 2.45) is 5.41 Å². The fraction of sp³-hybridized carbons (Fsp3) is 1.00. The van der Waals surface area contributed by atoms with Gasteiger partial charge in [-0.2, -0.15) is 12.6 Å². The van der Waals surface area contributed by atoms with Crippen molar-refractivity contribution in [2.75, 3.05) is 32.0 Å². The van der Waals surface area contributed by atoms with Crippen LogP contribution in [-0.2, 0) is 4.74 Å². The lowest BCUT2D eigenvalue weighted by molar-refractivity contribution is -0.00322. The van der Waals surface area contributed by atoms with Crippen LogP contribution in [0.2, 0.25) is 0 Å². The summed E-state index contributed by atoms with van der Waals surface area (Å²) in [4.78, 5) is 2.63. The molecule has 1 saturated heterocycles. The predicted molar refractivity (Wildman–Crippen MR) is 71.2 cm³/mol. The van der Waals surface area contributed by atoms with Crippen LogP contribution in [0.25, 0.3) is 0 Å². The minimum atomic E-state index is 0.523. The molecule has 0 N–H and O–H groups in total. The number of ether oxygens (including phenoxy) is 1. The molecule has 16 heavy (non-hydrogen) atoms. The Morgan fingerprint density at radius 3 is 2.44 bits per heavy atom. The van der Waals surface area contributed by atoms with Gasteiger partial charge in [-0.05, 0) is 43.8 Å². The average molecular weight is 243 g/mol. The van der Waals surface area contributed by atoms with Crippen molar-refractivity contribution in [3.63, 3.8) is 0 Å². The lowest BCUT2D eigenvalue weighted by atomic mass is 9.70. The fourth-order valence-electron chi connectivity index (χ4n) is 2.99. The van der Waals surface area contributed by atoms with E-state index in [0.717, 1.165) is 12.4 Å². The Morgan fingerprint density at radius 2 is 2.00 bits per heavy atom. The quantitative estimate of drug-likeness (QED) is 0.745. The minimum Gasteiger partial charge on any atom is -0.378 e. The largest absolute Gasteiger partial charge is 0.378 e. The summed E-state index contributed by atoms with van der Waals surface area (Å²) in [6, 6.07) is 0. The second-order valence-electron chi connectivity index (χ2n) is 5.44. The normalized spacial score (nSPS) is 26.6. The first kappa shape index (κ1) is 12.7. The first-order valence-corrected chi connectivity index (χ1v) is 7.36. The molecular weight excluding hydrogens is 218 g/mol. The van der Waals surface area contributed by atoms with Crippen LogP contribution in [0.1, 0.15) is 39.0 Å². The van der Waals surface area contributed by atoms with Gasteiger partial charge in [0.25, 0.3) is 0 Å². The van der Waals surface area contributed by atoms with Gasteiger partial charge in [-0.1, -0.05) is 6.42 Å². The molecule has 1 saturated carbocycles. The lowest BCUT2D eigenvalue weighted by Crippen LogP contribution is -2.47. The first-order valence-electron chi connectivity index (χ1n) is 6.73. The van der Waals surface area contributed by atoms with Crippen LogP contribution >= 0.6 is 12.6 Å². The molecule has 0 atom stereocenters. The zero-order chi connectivity index (χ0) is 11.4. The Bertz CT molecular complexity index is 204. The number of piperidine rings is 1. The maximum Gasteiger partial charge on any atom is 0.0599 e. The fourth-order valence-corrected chi connectivity index (χ4v) is 3.40. The Morgan fingerprint density at radius 1 is 1.31 bits per heavy atom. The van der Waals surface area contributed by atoms with Gasteiger partial charge in [0.1, 0.15) is 0 Å². The van der Waals surface area contributed by atoms with Crippen molar-refractivity contribution in [1.82, 2.24) is 4.90 Å². The molecule has 1 aliphatic carbocycles. The van der Waals surface area contributed by atoms with E-state index in [1.54, 1.807) is 0 Å². The van der Waals surface area contributed by atoms with Crippen molar-refractivity contribution >= 4 is 12.6 Å². The summed E-state index contributed by atoms with van der Waals surface area (Å²) in [5.41, 5.74) is 0.557. The molecule has 1 heterocycles.